The number of hydrogen-bond acceptors (Lipinski definition) is 2. The molecule has 3 aromatic carbocycles. The molecule has 0 unspecified atom stereocenters. The molecule has 164 valence electrons. The van der Waals surface area contributed by atoms with Gasteiger partial charge in [-0.3, -0.25) is 9.59 Å². The summed E-state index contributed by atoms with van der Waals surface area (Å²) >= 11 is 9.20. The van der Waals surface area contributed by atoms with Crippen LogP contribution in [0.3, 0.4) is 0 Å². The Kier molecular flexibility index (Phi) is 14.7. The molecule has 0 aliphatic heterocycles. The predicted octanol–water partition coefficient (Wildman–Crippen LogP) is 4.58. The number of aliphatic carboxylic acids is 2. The fourth-order valence-corrected chi connectivity index (χ4v) is 8.76. The number of carbonyl (C=O) groups is 2. The van der Waals surface area contributed by atoms with Crippen LogP contribution in [0.25, 0.3) is 0 Å². The van der Waals surface area contributed by atoms with Crippen molar-refractivity contribution < 1.29 is 19.8 Å². The van der Waals surface area contributed by atoms with Gasteiger partial charge in [0.2, 0.25) is 0 Å². The van der Waals surface area contributed by atoms with Gasteiger partial charge in [0, 0.05) is 0 Å². The summed E-state index contributed by atoms with van der Waals surface area (Å²) in [5, 5.41) is 15.8. The molecule has 3 aromatic rings. The van der Waals surface area contributed by atoms with E-state index in [0.717, 1.165) is 0 Å². The first kappa shape index (κ1) is 28.4. The second-order valence-electron chi connectivity index (χ2n) is 5.62. The molecule has 0 saturated heterocycles. The third kappa shape index (κ3) is 11.7. The average Bonchev–Trinajstić information content (AvgIpc) is 2.77. The van der Waals surface area contributed by atoms with Crippen molar-refractivity contribution in [3.05, 3.63) is 91.0 Å². The summed E-state index contributed by atoms with van der Waals surface area (Å²) in [4.78, 5) is 19.2. The van der Waals surface area contributed by atoms with E-state index in [1.165, 1.54) is 10.5 Å². The minimum absolute atomic E-state index is 0.606. The molecule has 0 saturated carbocycles. The molecule has 0 fully saturated rings. The van der Waals surface area contributed by atoms with Gasteiger partial charge < -0.3 is 10.2 Å². The summed E-state index contributed by atoms with van der Waals surface area (Å²) < 4.78 is 3.34. The second kappa shape index (κ2) is 16.0. The van der Waals surface area contributed by atoms with Crippen LogP contribution in [0.2, 0.25) is 0 Å². The Morgan fingerprint density at radius 3 is 0.903 bits per heavy atom. The quantitative estimate of drug-likeness (QED) is 0.294. The number of carboxylic acids is 2. The molecule has 2 N–H and O–H groups in total. The van der Waals surface area contributed by atoms with Crippen molar-refractivity contribution in [2.45, 2.75) is 7.47 Å². The van der Waals surface area contributed by atoms with E-state index in [9.17, 15) is 9.59 Å². The molecular formula is C22H19Br4O4Sb. The zero-order valence-electron chi connectivity index (χ0n) is 16.0. The molecule has 0 aliphatic rings. The number of alkyl halides is 4. The van der Waals surface area contributed by atoms with Crippen molar-refractivity contribution in [2.24, 2.45) is 0 Å². The molecule has 0 spiro atoms. The molecule has 0 amide bonds. The van der Waals surface area contributed by atoms with Gasteiger partial charge in [0.1, 0.15) is 0 Å². The van der Waals surface area contributed by atoms with Gasteiger partial charge >= 0.3 is 134 Å². The molecule has 0 bridgehead atoms. The van der Waals surface area contributed by atoms with Gasteiger partial charge in [0.15, 0.2) is 7.47 Å². The first-order chi connectivity index (χ1) is 14.7. The maximum atomic E-state index is 9.61. The van der Waals surface area contributed by atoms with Crippen molar-refractivity contribution >= 4 is 106 Å². The molecule has 9 heteroatoms. The van der Waals surface area contributed by atoms with Crippen LogP contribution in [0.4, 0.5) is 0 Å². The van der Waals surface area contributed by atoms with Crippen molar-refractivity contribution in [1.29, 1.82) is 0 Å². The molecule has 3 rings (SSSR count). The van der Waals surface area contributed by atoms with E-state index in [1.807, 2.05) is 0 Å². The first-order valence-electron chi connectivity index (χ1n) is 8.71. The summed E-state index contributed by atoms with van der Waals surface area (Å²) in [5.74, 6) is -1.81. The van der Waals surface area contributed by atoms with Crippen LogP contribution in [0, 0.1) is 0 Å². The Morgan fingerprint density at radius 1 is 0.548 bits per heavy atom. The van der Waals surface area contributed by atoms with Gasteiger partial charge in [-0.2, -0.15) is 0 Å². The van der Waals surface area contributed by atoms with Crippen LogP contribution in [0.1, 0.15) is 0 Å². The second-order valence-corrected chi connectivity index (χ2v) is 18.1. The van der Waals surface area contributed by atoms with Crippen LogP contribution in [0.15, 0.2) is 91.0 Å². The molecule has 0 atom stereocenters. The molecule has 0 heterocycles. The van der Waals surface area contributed by atoms with Crippen molar-refractivity contribution in [3.63, 3.8) is 0 Å². The topological polar surface area (TPSA) is 74.6 Å². The van der Waals surface area contributed by atoms with E-state index in [1.54, 1.807) is 0 Å². The molecule has 0 aliphatic carbocycles. The number of halogens is 4. The summed E-state index contributed by atoms with van der Waals surface area (Å²) in [6, 6.07) is 32.9. The predicted molar refractivity (Wildman–Crippen MR) is 143 cm³/mol. The monoisotopic (exact) mass is 784 g/mol. The number of carboxylic acid groups (broad SMARTS) is 2. The summed E-state index contributed by atoms with van der Waals surface area (Å²) in [6.07, 6.45) is 0. The minimum atomic E-state index is -1.83. The van der Waals surface area contributed by atoms with Crippen molar-refractivity contribution in [3.8, 4) is 0 Å². The normalized spacial score (nSPS) is 10.0. The van der Waals surface area contributed by atoms with Crippen molar-refractivity contribution in [2.75, 3.05) is 0 Å². The van der Waals surface area contributed by atoms with E-state index >= 15 is 0 Å². The number of rotatable bonds is 5. The number of hydrogen-bond donors (Lipinski definition) is 2. The fourth-order valence-electron chi connectivity index (χ4n) is 2.18. The average molecular weight is 789 g/mol. The molecule has 4 nitrogen and oxygen atoms in total. The van der Waals surface area contributed by atoms with Gasteiger partial charge in [0.25, 0.3) is 0 Å². The Morgan fingerprint density at radius 2 is 0.742 bits per heavy atom. The van der Waals surface area contributed by atoms with Gasteiger partial charge in [0.05, 0.1) is 0 Å². The Balaban J connectivity index is 0.000000333. The Bertz CT molecular complexity index is 799. The summed E-state index contributed by atoms with van der Waals surface area (Å²) in [7, 11) is 0. The van der Waals surface area contributed by atoms with E-state index in [-0.39, 0.29) is 0 Å². The van der Waals surface area contributed by atoms with Gasteiger partial charge in [-0.15, -0.1) is 0 Å². The van der Waals surface area contributed by atoms with Gasteiger partial charge in [-0.05, 0) is 0 Å². The van der Waals surface area contributed by atoms with Crippen LogP contribution in [-0.2, 0) is 9.59 Å². The summed E-state index contributed by atoms with van der Waals surface area (Å²) in [6.45, 7) is 0. The Hall–Kier alpha value is -0.662. The van der Waals surface area contributed by atoms with E-state index in [4.69, 9.17) is 10.2 Å². The van der Waals surface area contributed by atoms with Gasteiger partial charge in [-0.1, -0.05) is 63.7 Å². The zero-order chi connectivity index (χ0) is 23.2. The standard InChI is InChI=1S/3C6H5.2C2H2Br2O2.Sb/c3*1-2-4-6-5-3-1;2*3-1(4)2(5)6;/h3*1-5H;2*1H,(H,5,6);. The first-order valence-corrected chi connectivity index (χ1v) is 16.2. The number of benzene rings is 3. The van der Waals surface area contributed by atoms with E-state index in [0.29, 0.717) is 0 Å². The third-order valence-corrected chi connectivity index (χ3v) is 12.0. The van der Waals surface area contributed by atoms with E-state index < -0.39 is 39.6 Å². The zero-order valence-corrected chi connectivity index (χ0v) is 24.9. The van der Waals surface area contributed by atoms with Crippen LogP contribution in [0.5, 0.6) is 0 Å². The van der Waals surface area contributed by atoms with Gasteiger partial charge in [-0.25, -0.2) is 0 Å². The van der Waals surface area contributed by atoms with Crippen LogP contribution >= 0.6 is 63.7 Å². The van der Waals surface area contributed by atoms with Crippen molar-refractivity contribution in [1.82, 2.24) is 0 Å². The molecular weight excluding hydrogens is 770 g/mol. The SMILES string of the molecule is O=C(O)C(Br)Br.O=C(O)C(Br)Br.c1cc[c]([Sb]([c]2ccccc2)[c]2ccccc2)cc1. The Labute approximate surface area is 222 Å². The van der Waals surface area contributed by atoms with E-state index in [2.05, 4.69) is 155 Å². The molecule has 0 radical (unpaired) electrons. The van der Waals surface area contributed by atoms with Crippen LogP contribution in [-0.4, -0.2) is 49.8 Å². The summed E-state index contributed by atoms with van der Waals surface area (Å²) in [5.41, 5.74) is 0. The van der Waals surface area contributed by atoms with Crippen LogP contribution < -0.4 is 10.5 Å². The molecule has 31 heavy (non-hydrogen) atoms. The maximum absolute atomic E-state index is 9.61. The molecule has 0 aromatic heterocycles. The third-order valence-electron chi connectivity index (χ3n) is 3.42. The fraction of sp³-hybridized carbons (Fsp3) is 0.0909.